The first-order valence-electron chi connectivity index (χ1n) is 15.3. The molecular weight excluding hydrogens is 543 g/mol. The van der Waals surface area contributed by atoms with Gasteiger partial charge in [0.05, 0.1) is 6.61 Å². The Bertz CT molecular complexity index is 1920. The Morgan fingerprint density at radius 1 is 1.09 bits per heavy atom. The third-order valence-corrected chi connectivity index (χ3v) is 9.60. The molecule has 220 valence electrons. The van der Waals surface area contributed by atoms with Gasteiger partial charge in [-0.15, -0.1) is 0 Å². The number of fused-ring (bicyclic) bond motifs is 1. The van der Waals surface area contributed by atoms with Crippen molar-refractivity contribution in [3.05, 3.63) is 88.1 Å². The number of nitrogens with zero attached hydrogens (tertiary/aromatic N) is 4. The van der Waals surface area contributed by atoms with Crippen LogP contribution in [0.2, 0.25) is 0 Å². The van der Waals surface area contributed by atoms with Gasteiger partial charge in [0.15, 0.2) is 0 Å². The number of imidazole rings is 1. The lowest BCUT2D eigenvalue weighted by Gasteiger charge is -2.41. The summed E-state index contributed by atoms with van der Waals surface area (Å²) in [7, 11) is 1.90. The molecule has 3 aliphatic carbocycles. The zero-order chi connectivity index (χ0) is 29.3. The quantitative estimate of drug-likeness (QED) is 0.209. The second-order valence-corrected chi connectivity index (χ2v) is 12.7. The number of aromatic amines is 1. The first kappa shape index (κ1) is 26.5. The summed E-state index contributed by atoms with van der Waals surface area (Å²) in [4.78, 5) is 27.1. The molecule has 0 spiro atoms. The predicted octanol–water partition coefficient (Wildman–Crippen LogP) is 5.68. The van der Waals surface area contributed by atoms with Crippen molar-refractivity contribution in [3.63, 3.8) is 0 Å². The molecule has 3 N–H and O–H groups in total. The summed E-state index contributed by atoms with van der Waals surface area (Å²) in [5.74, 6) is 1.69. The Labute approximate surface area is 248 Å². The number of aromatic nitrogens is 5. The van der Waals surface area contributed by atoms with Crippen molar-refractivity contribution in [2.45, 2.75) is 68.9 Å². The van der Waals surface area contributed by atoms with Crippen LogP contribution >= 0.6 is 0 Å². The highest BCUT2D eigenvalue weighted by atomic mass is 19.1. The molecule has 8 rings (SSSR count). The van der Waals surface area contributed by atoms with Gasteiger partial charge in [0.1, 0.15) is 23.0 Å². The summed E-state index contributed by atoms with van der Waals surface area (Å²) in [5, 5.41) is 14.4. The molecule has 9 heteroatoms. The van der Waals surface area contributed by atoms with Crippen LogP contribution in [0.25, 0.3) is 39.2 Å². The maximum atomic E-state index is 14.5. The number of rotatable bonds is 9. The van der Waals surface area contributed by atoms with Crippen molar-refractivity contribution in [2.24, 2.45) is 7.05 Å². The Kier molecular flexibility index (Phi) is 6.17. The molecule has 0 unspecified atom stereocenters. The topological polar surface area (TPSA) is 101 Å². The second kappa shape index (κ2) is 9.99. The lowest BCUT2D eigenvalue weighted by Crippen LogP contribution is -2.53. The van der Waals surface area contributed by atoms with E-state index in [-0.39, 0.29) is 23.5 Å². The van der Waals surface area contributed by atoms with Crippen LogP contribution in [-0.2, 0) is 13.6 Å². The third-order valence-electron chi connectivity index (χ3n) is 9.60. The van der Waals surface area contributed by atoms with Gasteiger partial charge in [-0.05, 0) is 97.9 Å². The van der Waals surface area contributed by atoms with Gasteiger partial charge in [-0.1, -0.05) is 6.07 Å². The number of hydrogen-bond donors (Lipinski definition) is 3. The van der Waals surface area contributed by atoms with Crippen LogP contribution in [0, 0.1) is 5.82 Å². The van der Waals surface area contributed by atoms with Crippen molar-refractivity contribution in [2.75, 3.05) is 6.61 Å². The van der Waals surface area contributed by atoms with E-state index < -0.39 is 0 Å². The maximum Gasteiger partial charge on any atom is 0.280 e. The first-order valence-corrected chi connectivity index (χ1v) is 15.3. The van der Waals surface area contributed by atoms with Gasteiger partial charge in [0.2, 0.25) is 0 Å². The van der Waals surface area contributed by atoms with Gasteiger partial charge < -0.3 is 20.0 Å². The summed E-state index contributed by atoms with van der Waals surface area (Å²) in [6, 6.07) is 10.9. The fraction of sp³-hybridized carbons (Fsp3) is 0.382. The van der Waals surface area contributed by atoms with Gasteiger partial charge in [-0.3, -0.25) is 9.36 Å². The van der Waals surface area contributed by atoms with Crippen LogP contribution in [0.1, 0.15) is 73.7 Å². The third kappa shape index (κ3) is 4.71. The van der Waals surface area contributed by atoms with Crippen LogP contribution < -0.4 is 10.9 Å². The first-order chi connectivity index (χ1) is 20.9. The number of aliphatic hydroxyl groups excluding tert-OH is 1. The molecule has 3 saturated carbocycles. The van der Waals surface area contributed by atoms with Crippen LogP contribution in [-0.4, -0.2) is 41.3 Å². The van der Waals surface area contributed by atoms with E-state index >= 15 is 0 Å². The average Bonchev–Trinajstić information content (AvgIpc) is 3.92. The zero-order valence-electron chi connectivity index (χ0n) is 24.2. The number of pyridine rings is 2. The molecular formula is C34H35FN6O2. The predicted molar refractivity (Wildman–Crippen MR) is 164 cm³/mol. The second-order valence-electron chi connectivity index (χ2n) is 12.7. The Morgan fingerprint density at radius 3 is 2.58 bits per heavy atom. The number of halogens is 1. The SMILES string of the molecule is Cn1ccnc1-c1cc(F)ccc1-c1cc(C2CC2)nc(-n2cc(C3CC3)c3cc(CNC4(CO)CCC4)[nH]c3c2=O)c1. The number of hydrogen-bond acceptors (Lipinski definition) is 5. The molecule has 3 aliphatic rings. The molecule has 0 radical (unpaired) electrons. The van der Waals surface area contributed by atoms with Crippen molar-refractivity contribution in [1.82, 2.24) is 29.4 Å². The number of benzene rings is 1. The fourth-order valence-corrected chi connectivity index (χ4v) is 6.54. The van der Waals surface area contributed by atoms with Gasteiger partial charge in [0.25, 0.3) is 5.56 Å². The molecule has 4 aromatic heterocycles. The van der Waals surface area contributed by atoms with Crippen LogP contribution in [0.3, 0.4) is 0 Å². The zero-order valence-corrected chi connectivity index (χ0v) is 24.2. The van der Waals surface area contributed by atoms with E-state index in [1.807, 2.05) is 30.1 Å². The van der Waals surface area contributed by atoms with Crippen molar-refractivity contribution in [3.8, 4) is 28.3 Å². The minimum atomic E-state index is -0.326. The molecule has 3 fully saturated rings. The van der Waals surface area contributed by atoms with Gasteiger partial charge in [0, 0.05) is 66.0 Å². The molecule has 43 heavy (non-hydrogen) atoms. The molecule has 8 nitrogen and oxygen atoms in total. The van der Waals surface area contributed by atoms with Crippen LogP contribution in [0.15, 0.2) is 59.8 Å². The fourth-order valence-electron chi connectivity index (χ4n) is 6.54. The van der Waals surface area contributed by atoms with Crippen molar-refractivity contribution >= 4 is 10.9 Å². The monoisotopic (exact) mass is 578 g/mol. The summed E-state index contributed by atoms with van der Waals surface area (Å²) < 4.78 is 18.1. The Hall–Kier alpha value is -4.08. The van der Waals surface area contributed by atoms with Gasteiger partial charge >= 0.3 is 0 Å². The molecule has 4 heterocycles. The maximum absolute atomic E-state index is 14.5. The molecule has 0 saturated heterocycles. The summed E-state index contributed by atoms with van der Waals surface area (Å²) in [6.07, 6.45) is 12.9. The minimum absolute atomic E-state index is 0.120. The molecule has 0 aliphatic heterocycles. The average molecular weight is 579 g/mol. The number of nitrogens with one attached hydrogen (secondary N) is 2. The van der Waals surface area contributed by atoms with E-state index in [2.05, 4.69) is 27.4 Å². The standard InChI is InChI=1S/C34H35FN6O2/c1-40-12-11-36-32(40)27-15-23(35)7-8-25(27)22-13-29(21-5-6-21)39-30(14-22)41-18-28(20-3-4-20)26-16-24(38-31(26)33(41)43)17-37-34(19-42)9-2-10-34/h7-8,11-16,18,20-21,37-38,42H,2-6,9-10,17,19H2,1H3. The highest BCUT2D eigenvalue weighted by Gasteiger charge is 2.36. The number of aryl methyl sites for hydroxylation is 1. The van der Waals surface area contributed by atoms with Crippen LogP contribution in [0.5, 0.6) is 0 Å². The smallest absolute Gasteiger partial charge is 0.280 e. The molecule has 0 atom stereocenters. The minimum Gasteiger partial charge on any atom is -0.394 e. The van der Waals surface area contributed by atoms with E-state index in [1.165, 1.54) is 12.1 Å². The Balaban J connectivity index is 1.26. The molecule has 1 aromatic carbocycles. The number of H-pyrrole nitrogens is 1. The molecule has 0 bridgehead atoms. The van der Waals surface area contributed by atoms with E-state index in [0.29, 0.717) is 41.1 Å². The van der Waals surface area contributed by atoms with E-state index in [1.54, 1.807) is 16.8 Å². The summed E-state index contributed by atoms with van der Waals surface area (Å²) >= 11 is 0. The van der Waals surface area contributed by atoms with E-state index in [9.17, 15) is 14.3 Å². The van der Waals surface area contributed by atoms with E-state index in [4.69, 9.17) is 4.98 Å². The van der Waals surface area contributed by atoms with Crippen LogP contribution in [0.4, 0.5) is 4.39 Å². The lowest BCUT2D eigenvalue weighted by atomic mass is 9.77. The highest BCUT2D eigenvalue weighted by Crippen LogP contribution is 2.44. The van der Waals surface area contributed by atoms with E-state index in [0.717, 1.165) is 78.4 Å². The largest absolute Gasteiger partial charge is 0.394 e. The molecule has 0 amide bonds. The normalized spacial score (nSPS) is 17.8. The lowest BCUT2D eigenvalue weighted by molar-refractivity contribution is 0.0869. The number of aliphatic hydroxyl groups is 1. The van der Waals surface area contributed by atoms with Gasteiger partial charge in [-0.25, -0.2) is 14.4 Å². The Morgan fingerprint density at radius 2 is 1.91 bits per heavy atom. The summed E-state index contributed by atoms with van der Waals surface area (Å²) in [6.45, 7) is 0.688. The van der Waals surface area contributed by atoms with Crippen molar-refractivity contribution in [1.29, 1.82) is 0 Å². The van der Waals surface area contributed by atoms with Gasteiger partial charge in [-0.2, -0.15) is 0 Å². The highest BCUT2D eigenvalue weighted by molar-refractivity contribution is 5.85. The molecule has 5 aromatic rings. The van der Waals surface area contributed by atoms with Crippen molar-refractivity contribution < 1.29 is 9.50 Å². The summed E-state index contributed by atoms with van der Waals surface area (Å²) in [5.41, 5.74) is 5.72.